The lowest BCUT2D eigenvalue weighted by molar-refractivity contribution is 0.306. The minimum atomic E-state index is -2.98. The molecule has 0 bridgehead atoms. The molecule has 39 heavy (non-hydrogen) atoms. The summed E-state index contributed by atoms with van der Waals surface area (Å²) in [6.45, 7) is 1.81. The van der Waals surface area contributed by atoms with Crippen LogP contribution in [0.1, 0.15) is 10.4 Å². The molecule has 11 heteroatoms. The Bertz CT molecular complexity index is 1530. The zero-order chi connectivity index (χ0) is 27.2. The Kier molecular flexibility index (Phi) is 8.30. The van der Waals surface area contributed by atoms with Gasteiger partial charge in [0.2, 0.25) is 0 Å². The lowest BCUT2D eigenvalue weighted by atomic mass is 9.92. The lowest BCUT2D eigenvalue weighted by Crippen LogP contribution is -2.27. The van der Waals surface area contributed by atoms with Gasteiger partial charge < -0.3 is 15.0 Å². The third kappa shape index (κ3) is 7.47. The van der Waals surface area contributed by atoms with Crippen molar-refractivity contribution in [3.63, 3.8) is 0 Å². The molecule has 5 rings (SSSR count). The Morgan fingerprint density at radius 1 is 1.18 bits per heavy atom. The van der Waals surface area contributed by atoms with Crippen molar-refractivity contribution in [2.75, 3.05) is 30.0 Å². The van der Waals surface area contributed by atoms with Crippen LogP contribution in [0.3, 0.4) is 0 Å². The molecular weight excluding hydrogens is 537 g/mol. The van der Waals surface area contributed by atoms with E-state index in [4.69, 9.17) is 9.73 Å². The van der Waals surface area contributed by atoms with E-state index in [-0.39, 0.29) is 17.5 Å². The number of fused-ring (bicyclic) bond motifs is 1. The van der Waals surface area contributed by atoms with Crippen LogP contribution in [-0.4, -0.2) is 50.4 Å². The van der Waals surface area contributed by atoms with Gasteiger partial charge in [-0.25, -0.2) is 17.8 Å². The maximum atomic E-state index is 13.1. The summed E-state index contributed by atoms with van der Waals surface area (Å²) in [7, 11) is -2.98. The Morgan fingerprint density at radius 2 is 1.97 bits per heavy atom. The normalized spacial score (nSPS) is 17.8. The van der Waals surface area contributed by atoms with Crippen LogP contribution in [0.4, 0.5) is 15.2 Å². The SMILES string of the molecule is CS(=O)(=O)CCNCc1cnc(N2C=CC3C=NCC(=Nc4ccc(OCc5ccc(F)cc5)cc4)C3=C2)s1. The van der Waals surface area contributed by atoms with Crippen molar-refractivity contribution in [2.24, 2.45) is 15.9 Å². The van der Waals surface area contributed by atoms with E-state index in [0.29, 0.717) is 32.0 Å². The highest BCUT2D eigenvalue weighted by Gasteiger charge is 2.24. The van der Waals surface area contributed by atoms with Gasteiger partial charge in [0.05, 0.1) is 23.7 Å². The molecule has 0 radical (unpaired) electrons. The monoisotopic (exact) mass is 565 g/mol. The van der Waals surface area contributed by atoms with Crippen molar-refractivity contribution in [3.8, 4) is 5.75 Å². The van der Waals surface area contributed by atoms with Gasteiger partial charge in [-0.1, -0.05) is 29.5 Å². The zero-order valence-corrected chi connectivity index (χ0v) is 23.0. The highest BCUT2D eigenvalue weighted by Crippen LogP contribution is 2.31. The number of anilines is 1. The third-order valence-electron chi connectivity index (χ3n) is 6.06. The van der Waals surface area contributed by atoms with E-state index in [1.165, 1.54) is 18.4 Å². The summed E-state index contributed by atoms with van der Waals surface area (Å²) >= 11 is 1.55. The number of nitrogens with zero attached hydrogens (tertiary/aromatic N) is 4. The van der Waals surface area contributed by atoms with E-state index in [0.717, 1.165) is 32.5 Å². The van der Waals surface area contributed by atoms with Crippen molar-refractivity contribution in [1.82, 2.24) is 10.3 Å². The first kappa shape index (κ1) is 26.9. The van der Waals surface area contributed by atoms with E-state index in [9.17, 15) is 12.8 Å². The number of allylic oxidation sites excluding steroid dienone is 1. The fourth-order valence-electron chi connectivity index (χ4n) is 4.02. The first-order valence-corrected chi connectivity index (χ1v) is 15.3. The van der Waals surface area contributed by atoms with Gasteiger partial charge in [0.1, 0.15) is 28.0 Å². The van der Waals surface area contributed by atoms with Crippen molar-refractivity contribution in [3.05, 3.63) is 95.0 Å². The first-order valence-electron chi connectivity index (χ1n) is 12.4. The number of benzene rings is 2. The molecule has 1 N–H and O–H groups in total. The van der Waals surface area contributed by atoms with Crippen LogP contribution in [0.25, 0.3) is 0 Å². The summed E-state index contributed by atoms with van der Waals surface area (Å²) in [4.78, 5) is 16.9. The molecule has 0 saturated heterocycles. The second-order valence-electron chi connectivity index (χ2n) is 9.23. The average Bonchev–Trinajstić information content (AvgIpc) is 3.40. The molecule has 0 aliphatic carbocycles. The minimum absolute atomic E-state index is 0.0455. The molecule has 0 spiro atoms. The van der Waals surface area contributed by atoms with Gasteiger partial charge in [-0.2, -0.15) is 0 Å². The topological polar surface area (TPSA) is 96.2 Å². The second-order valence-corrected chi connectivity index (χ2v) is 12.6. The van der Waals surface area contributed by atoms with E-state index in [2.05, 4.69) is 27.6 Å². The van der Waals surface area contributed by atoms with Gasteiger partial charge in [-0.3, -0.25) is 9.98 Å². The number of thiazole rings is 1. The number of aromatic nitrogens is 1. The van der Waals surface area contributed by atoms with Crippen molar-refractivity contribution < 1.29 is 17.5 Å². The number of hydrogen-bond acceptors (Lipinski definition) is 9. The Labute approximate surface area is 231 Å². The molecule has 2 aromatic carbocycles. The van der Waals surface area contributed by atoms with Crippen LogP contribution >= 0.6 is 11.3 Å². The van der Waals surface area contributed by atoms with E-state index in [1.54, 1.807) is 23.5 Å². The largest absolute Gasteiger partial charge is 0.489 e. The summed E-state index contributed by atoms with van der Waals surface area (Å²) in [6.07, 6.45) is 11.1. The first-order chi connectivity index (χ1) is 18.8. The molecule has 0 saturated carbocycles. The zero-order valence-electron chi connectivity index (χ0n) is 21.3. The molecule has 0 fully saturated rings. The fourth-order valence-corrected chi connectivity index (χ4v) is 5.37. The standard InChI is InChI=1S/C28H28FN5O3S2/c1-39(35,36)13-11-30-15-25-16-32-28(38-25)34-12-10-21-14-31-17-27(26(21)18-34)33-23-6-8-24(9-7-23)37-19-20-2-4-22(29)5-3-20/h2-10,12,14,16,18,21,30H,11,13,15,17,19H2,1H3. The number of halogens is 1. The number of ether oxygens (including phenoxy) is 1. The highest BCUT2D eigenvalue weighted by atomic mass is 32.2. The minimum Gasteiger partial charge on any atom is -0.489 e. The molecule has 2 aliphatic heterocycles. The average molecular weight is 566 g/mol. The maximum Gasteiger partial charge on any atom is 0.193 e. The summed E-state index contributed by atoms with van der Waals surface area (Å²) in [5, 5.41) is 3.98. The molecule has 2 aliphatic rings. The van der Waals surface area contributed by atoms with Crippen molar-refractivity contribution in [2.45, 2.75) is 13.2 Å². The van der Waals surface area contributed by atoms with Gasteiger partial charge >= 0.3 is 0 Å². The number of rotatable bonds is 10. The predicted octanol–water partition coefficient (Wildman–Crippen LogP) is 4.69. The van der Waals surface area contributed by atoms with Gasteiger partial charge in [-0.05, 0) is 42.0 Å². The molecule has 202 valence electrons. The molecular formula is C28H28FN5O3S2. The number of hydrogen-bond donors (Lipinski definition) is 1. The van der Waals surface area contributed by atoms with Gasteiger partial charge in [0.15, 0.2) is 5.13 Å². The smallest absolute Gasteiger partial charge is 0.193 e. The van der Waals surface area contributed by atoms with Gasteiger partial charge in [-0.15, -0.1) is 0 Å². The van der Waals surface area contributed by atoms with Gasteiger partial charge in [0, 0.05) is 60.5 Å². The van der Waals surface area contributed by atoms with Crippen LogP contribution in [-0.2, 0) is 23.0 Å². The van der Waals surface area contributed by atoms with Crippen molar-refractivity contribution in [1.29, 1.82) is 0 Å². The number of aliphatic imine (C=N–C) groups is 2. The summed E-state index contributed by atoms with van der Waals surface area (Å²) in [5.41, 5.74) is 3.64. The van der Waals surface area contributed by atoms with Crippen LogP contribution in [0, 0.1) is 11.7 Å². The maximum absolute atomic E-state index is 13.1. The Balaban J connectivity index is 1.24. The molecule has 1 atom stereocenters. The number of sulfone groups is 1. The Hall–Kier alpha value is -3.67. The summed E-state index contributed by atoms with van der Waals surface area (Å²) in [5.74, 6) is 0.593. The fraction of sp³-hybridized carbons (Fsp3) is 0.250. The molecule has 1 unspecified atom stereocenters. The van der Waals surface area contributed by atoms with Crippen LogP contribution in [0.2, 0.25) is 0 Å². The molecule has 1 aromatic heterocycles. The molecule has 3 aromatic rings. The van der Waals surface area contributed by atoms with Crippen molar-refractivity contribution >= 4 is 43.9 Å². The third-order valence-corrected chi connectivity index (χ3v) is 8.02. The quantitative estimate of drug-likeness (QED) is 0.359. The summed E-state index contributed by atoms with van der Waals surface area (Å²) < 4.78 is 41.5. The van der Waals surface area contributed by atoms with E-state index < -0.39 is 9.84 Å². The predicted molar refractivity (Wildman–Crippen MR) is 154 cm³/mol. The lowest BCUT2D eigenvalue weighted by Gasteiger charge is -2.26. The molecule has 8 nitrogen and oxygen atoms in total. The highest BCUT2D eigenvalue weighted by molar-refractivity contribution is 7.90. The molecule has 0 amide bonds. The van der Waals surface area contributed by atoms with E-state index >= 15 is 0 Å². The van der Waals surface area contributed by atoms with E-state index in [1.807, 2.05) is 47.8 Å². The summed E-state index contributed by atoms with van der Waals surface area (Å²) in [6, 6.07) is 13.8. The Morgan fingerprint density at radius 3 is 2.74 bits per heavy atom. The van der Waals surface area contributed by atoms with Crippen LogP contribution in [0.5, 0.6) is 5.75 Å². The second kappa shape index (κ2) is 12.0. The van der Waals surface area contributed by atoms with Gasteiger partial charge in [0.25, 0.3) is 0 Å². The molecule has 3 heterocycles. The number of nitrogens with one attached hydrogen (secondary N) is 1. The van der Waals surface area contributed by atoms with Crippen LogP contribution in [0.15, 0.2) is 88.8 Å². The van der Waals surface area contributed by atoms with Crippen LogP contribution < -0.4 is 15.0 Å².